The van der Waals surface area contributed by atoms with E-state index < -0.39 is 6.10 Å². The third-order valence-corrected chi connectivity index (χ3v) is 12.2. The molecule has 0 aliphatic heterocycles. The Hall–Kier alpha value is -3.15. The number of carbonyl (C=O) groups excluding carboxylic acids is 3. The van der Waals surface area contributed by atoms with Gasteiger partial charge in [-0.1, -0.05) is 241 Å². The second-order valence-electron chi connectivity index (χ2n) is 18.8. The van der Waals surface area contributed by atoms with Gasteiger partial charge in [0.1, 0.15) is 13.2 Å². The molecule has 0 amide bonds. The van der Waals surface area contributed by atoms with Crippen molar-refractivity contribution >= 4 is 17.9 Å². The highest BCUT2D eigenvalue weighted by atomic mass is 16.6. The van der Waals surface area contributed by atoms with E-state index >= 15 is 0 Å². The Morgan fingerprint density at radius 2 is 0.582 bits per heavy atom. The molecule has 0 heterocycles. The van der Waals surface area contributed by atoms with Crippen molar-refractivity contribution in [3.63, 3.8) is 0 Å². The van der Waals surface area contributed by atoms with Crippen molar-refractivity contribution in [2.75, 3.05) is 13.2 Å². The molecule has 0 aliphatic rings. The summed E-state index contributed by atoms with van der Waals surface area (Å²) in [5.74, 6) is -0.894. The van der Waals surface area contributed by atoms with Crippen molar-refractivity contribution in [3.8, 4) is 0 Å². The first-order valence-corrected chi connectivity index (χ1v) is 28.4. The van der Waals surface area contributed by atoms with Gasteiger partial charge in [-0.2, -0.15) is 0 Å². The summed E-state index contributed by atoms with van der Waals surface area (Å²) in [5, 5.41) is 0. The third-order valence-electron chi connectivity index (χ3n) is 12.2. The van der Waals surface area contributed by atoms with Crippen LogP contribution in [0.15, 0.2) is 72.9 Å². The monoisotopic (exact) mass is 935 g/mol. The number of rotatable bonds is 51. The molecular formula is C61H106O6. The summed E-state index contributed by atoms with van der Waals surface area (Å²) in [7, 11) is 0. The van der Waals surface area contributed by atoms with Gasteiger partial charge in [-0.05, 0) is 89.9 Å². The Kier molecular flexibility index (Phi) is 52.8. The lowest BCUT2D eigenvalue weighted by Crippen LogP contribution is -2.30. The van der Waals surface area contributed by atoms with Crippen LogP contribution in [0.5, 0.6) is 0 Å². The highest BCUT2D eigenvalue weighted by Gasteiger charge is 2.19. The van der Waals surface area contributed by atoms with Crippen LogP contribution < -0.4 is 0 Å². The predicted octanol–water partition coefficient (Wildman–Crippen LogP) is 19.0. The van der Waals surface area contributed by atoms with Gasteiger partial charge >= 0.3 is 17.9 Å². The third kappa shape index (κ3) is 53.7. The van der Waals surface area contributed by atoms with Crippen molar-refractivity contribution in [1.29, 1.82) is 0 Å². The van der Waals surface area contributed by atoms with E-state index in [9.17, 15) is 14.4 Å². The minimum Gasteiger partial charge on any atom is -0.462 e. The van der Waals surface area contributed by atoms with Crippen LogP contribution in [-0.2, 0) is 28.6 Å². The van der Waals surface area contributed by atoms with Crippen LogP contribution in [0.4, 0.5) is 0 Å². The Balaban J connectivity index is 4.11. The molecule has 0 N–H and O–H groups in total. The zero-order chi connectivity index (χ0) is 48.6. The lowest BCUT2D eigenvalue weighted by atomic mass is 10.1. The molecule has 0 radical (unpaired) electrons. The standard InChI is InChI=1S/C61H106O6/c1-4-7-10-13-15-17-19-21-23-25-27-29-30-32-33-35-37-39-41-43-45-48-51-54-60(63)66-57-58(56-65-59(62)53-50-47-12-9-6-3)67-61(64)55-52-49-46-44-42-40-38-36-34-31-28-26-24-22-20-18-16-14-11-8-5-2/h7,10,15,17,20-23,26-29,58H,4-6,8-9,11-14,16,18-19,24-25,30-57H2,1-3H3/b10-7-,17-15-,22-20-,23-21-,28-26-,29-27-. The van der Waals surface area contributed by atoms with Crippen molar-refractivity contribution < 1.29 is 28.6 Å². The smallest absolute Gasteiger partial charge is 0.306 e. The summed E-state index contributed by atoms with van der Waals surface area (Å²) in [5.41, 5.74) is 0. The fourth-order valence-electron chi connectivity index (χ4n) is 7.93. The number of ether oxygens (including phenoxy) is 3. The summed E-state index contributed by atoms with van der Waals surface area (Å²) in [6, 6.07) is 0. The maximum Gasteiger partial charge on any atom is 0.306 e. The molecule has 0 saturated carbocycles. The lowest BCUT2D eigenvalue weighted by Gasteiger charge is -2.18. The summed E-state index contributed by atoms with van der Waals surface area (Å²) in [6.45, 7) is 6.44. The van der Waals surface area contributed by atoms with E-state index in [1.165, 1.54) is 141 Å². The van der Waals surface area contributed by atoms with Crippen LogP contribution in [0.25, 0.3) is 0 Å². The van der Waals surface area contributed by atoms with Crippen LogP contribution in [-0.4, -0.2) is 37.2 Å². The van der Waals surface area contributed by atoms with E-state index in [1.807, 2.05) is 0 Å². The molecule has 0 aromatic rings. The zero-order valence-electron chi connectivity index (χ0n) is 44.2. The van der Waals surface area contributed by atoms with Crippen molar-refractivity contribution in [1.82, 2.24) is 0 Å². The molecule has 67 heavy (non-hydrogen) atoms. The van der Waals surface area contributed by atoms with Crippen LogP contribution in [0.3, 0.4) is 0 Å². The maximum absolute atomic E-state index is 12.8. The molecule has 1 atom stereocenters. The number of allylic oxidation sites excluding steroid dienone is 12. The van der Waals surface area contributed by atoms with Crippen molar-refractivity contribution in [2.45, 2.75) is 284 Å². The summed E-state index contributed by atoms with van der Waals surface area (Å²) in [6.07, 6.45) is 70.8. The minimum absolute atomic E-state index is 0.0783. The molecule has 0 spiro atoms. The fraction of sp³-hybridized carbons (Fsp3) is 0.754. The van der Waals surface area contributed by atoms with Gasteiger partial charge < -0.3 is 14.2 Å². The first kappa shape index (κ1) is 63.8. The van der Waals surface area contributed by atoms with Gasteiger partial charge in [-0.15, -0.1) is 0 Å². The van der Waals surface area contributed by atoms with Gasteiger partial charge in [0.15, 0.2) is 6.10 Å². The Morgan fingerprint density at radius 3 is 0.910 bits per heavy atom. The van der Waals surface area contributed by atoms with E-state index in [0.29, 0.717) is 19.3 Å². The normalized spacial score (nSPS) is 12.6. The molecule has 0 fully saturated rings. The number of esters is 3. The average Bonchev–Trinajstić information content (AvgIpc) is 3.33. The van der Waals surface area contributed by atoms with Crippen LogP contribution in [0.2, 0.25) is 0 Å². The summed E-state index contributed by atoms with van der Waals surface area (Å²) < 4.78 is 16.7. The molecule has 6 heteroatoms. The van der Waals surface area contributed by atoms with E-state index in [4.69, 9.17) is 14.2 Å². The topological polar surface area (TPSA) is 78.9 Å². The molecular weight excluding hydrogens is 829 g/mol. The first-order chi connectivity index (χ1) is 33.0. The summed E-state index contributed by atoms with van der Waals surface area (Å²) >= 11 is 0. The molecule has 386 valence electrons. The van der Waals surface area contributed by atoms with Gasteiger partial charge in [0.05, 0.1) is 0 Å². The number of hydrogen-bond donors (Lipinski definition) is 0. The summed E-state index contributed by atoms with van der Waals surface area (Å²) in [4.78, 5) is 37.8. The lowest BCUT2D eigenvalue weighted by molar-refractivity contribution is -0.167. The molecule has 0 aromatic heterocycles. The molecule has 1 unspecified atom stereocenters. The van der Waals surface area contributed by atoms with E-state index in [2.05, 4.69) is 93.7 Å². The molecule has 0 aliphatic carbocycles. The highest BCUT2D eigenvalue weighted by Crippen LogP contribution is 2.15. The molecule has 0 rings (SSSR count). The largest absolute Gasteiger partial charge is 0.462 e. The molecule has 0 saturated heterocycles. The van der Waals surface area contributed by atoms with Gasteiger partial charge in [-0.25, -0.2) is 0 Å². The van der Waals surface area contributed by atoms with Crippen LogP contribution in [0.1, 0.15) is 278 Å². The Bertz CT molecular complexity index is 1260. The van der Waals surface area contributed by atoms with E-state index in [1.54, 1.807) is 0 Å². The molecule has 6 nitrogen and oxygen atoms in total. The predicted molar refractivity (Wildman–Crippen MR) is 288 cm³/mol. The van der Waals surface area contributed by atoms with Gasteiger partial charge in [0, 0.05) is 19.3 Å². The quantitative estimate of drug-likeness (QED) is 0.0262. The van der Waals surface area contributed by atoms with Crippen LogP contribution >= 0.6 is 0 Å². The Labute approximate surface area is 414 Å². The average molecular weight is 936 g/mol. The second kappa shape index (κ2) is 55.4. The van der Waals surface area contributed by atoms with Crippen molar-refractivity contribution in [3.05, 3.63) is 72.9 Å². The maximum atomic E-state index is 12.8. The number of carbonyl (C=O) groups is 3. The number of unbranched alkanes of at least 4 members (excludes halogenated alkanes) is 28. The first-order valence-electron chi connectivity index (χ1n) is 28.4. The molecule has 0 aromatic carbocycles. The fourth-order valence-corrected chi connectivity index (χ4v) is 7.93. The van der Waals surface area contributed by atoms with Gasteiger partial charge in [0.25, 0.3) is 0 Å². The molecule has 0 bridgehead atoms. The number of hydrogen-bond acceptors (Lipinski definition) is 6. The van der Waals surface area contributed by atoms with Crippen molar-refractivity contribution in [2.24, 2.45) is 0 Å². The van der Waals surface area contributed by atoms with Gasteiger partial charge in [-0.3, -0.25) is 14.4 Å². The SMILES string of the molecule is CC/C=C\C/C=C\C/C=C\C/C=C\CCCCCCCCCCCCC(=O)OCC(COC(=O)CCCCCCC)OC(=O)CCCCCCCCCCC/C=C\C/C=C\CCCCCCC. The second-order valence-corrected chi connectivity index (χ2v) is 18.8. The minimum atomic E-state index is -0.775. The Morgan fingerprint density at radius 1 is 0.313 bits per heavy atom. The highest BCUT2D eigenvalue weighted by molar-refractivity contribution is 5.71. The van der Waals surface area contributed by atoms with Crippen LogP contribution in [0, 0.1) is 0 Å². The van der Waals surface area contributed by atoms with E-state index in [-0.39, 0.29) is 31.1 Å². The zero-order valence-corrected chi connectivity index (χ0v) is 44.2. The van der Waals surface area contributed by atoms with E-state index in [0.717, 1.165) is 96.3 Å². The van der Waals surface area contributed by atoms with Gasteiger partial charge in [0.2, 0.25) is 0 Å².